The van der Waals surface area contributed by atoms with Crippen LogP contribution in [0.2, 0.25) is 0 Å². The van der Waals surface area contributed by atoms with Crippen LogP contribution >= 0.6 is 11.3 Å². The standard InChI is InChI=1S/C30H37N3O7.C29H34N4O5S.C26H31NO6.C3H7N3O2/c1-30(2,3)40-29(38)33-24(25(34)17-32-27(36)16-26(31)35)14-8-9-15-28(37)39-18-23-21-12-6-4-10-19(21)20-11-5-7-13-22(20)23;1-29(2,3)38-28(36)31-23(27-33-32-25(39-27)16-24(30)34)14-8-9-15-26(35)37-17-22-20-12-6-4-10-18(20)19-11-5-7-13-21(19)22;1-26(2,3)33-25(31)27-22(24(29)30)14-8-9-15-23(28)32-16-21-19-12-6-4-10-17(19)18-11-5-7-13-20(18)21;4-2(7)1-3(8)6-5/h4-7,10-13,23-24H,8-9,14-18H2,1-3H3,(H2,31,35)(H,32,36)(H,33,38);4-7,10-13,22-23H,8-9,14-17H2,1-3H3,(H2,30,34)(H,31,36);4-7,10-13,21-22H,8-9,14-16H2,1-3H3,(H,27,31)(H,29,30);1,5H2,(H2,4,7)(H,6,8)/t24-;23-;22-;/m000./s1. The smallest absolute Gasteiger partial charge is 0.408 e. The molecule has 0 radical (unpaired) electrons. The van der Waals surface area contributed by atoms with Crippen LogP contribution in [0.5, 0.6) is 0 Å². The minimum Gasteiger partial charge on any atom is -0.480 e. The lowest BCUT2D eigenvalue weighted by Crippen LogP contribution is -2.47. The van der Waals surface area contributed by atoms with Crippen LogP contribution in [-0.4, -0.2) is 148 Å². The number of nitrogens with zero attached hydrogens (tertiary/aromatic N) is 2. The lowest BCUT2D eigenvalue weighted by Gasteiger charge is -2.23. The number of amides is 8. The molecule has 0 bridgehead atoms. The summed E-state index contributed by atoms with van der Waals surface area (Å²) < 4.78 is 32.6. The van der Waals surface area contributed by atoms with E-state index in [4.69, 9.17) is 39.9 Å². The SMILES string of the molecule is CC(C)(C)OC(=O)N[C@@H](CCCCC(=O)OCC1c2ccccc2-c2ccccc21)C(=O)CNC(=O)CC(N)=O.CC(C)(C)OC(=O)N[C@@H](CCCCC(=O)OCC1c2ccccc2-c2ccccc21)C(=O)O.CC(C)(C)OC(=O)N[C@@H](CCCCC(=O)OCC1c2ccccc2-c2ccccc21)c1nnc(CC(N)=O)s1.NNC(=O)CC(N)=O. The van der Waals surface area contributed by atoms with Gasteiger partial charge in [-0.1, -0.05) is 176 Å². The minimum absolute atomic E-state index is 0.00997. The summed E-state index contributed by atoms with van der Waals surface area (Å²) in [5.41, 5.74) is 28.5. The van der Waals surface area contributed by atoms with Gasteiger partial charge in [0, 0.05) is 37.0 Å². The number of carbonyl (C=O) groups excluding carboxylic acids is 12. The van der Waals surface area contributed by atoms with Gasteiger partial charge >= 0.3 is 42.2 Å². The maximum absolute atomic E-state index is 12.7. The Kier molecular flexibility index (Phi) is 35.9. The van der Waals surface area contributed by atoms with Crippen molar-refractivity contribution in [3.05, 3.63) is 189 Å². The van der Waals surface area contributed by atoms with E-state index in [0.29, 0.717) is 61.6 Å². The largest absolute Gasteiger partial charge is 0.480 e. The van der Waals surface area contributed by atoms with Crippen LogP contribution in [0.25, 0.3) is 33.4 Å². The topological polar surface area (TPSA) is 488 Å². The molecule has 120 heavy (non-hydrogen) atoms. The van der Waals surface area contributed by atoms with Crippen molar-refractivity contribution in [2.24, 2.45) is 23.0 Å². The number of carbonyl (C=O) groups is 13. The van der Waals surface area contributed by atoms with E-state index in [1.807, 2.05) is 72.8 Å². The van der Waals surface area contributed by atoms with Crippen molar-refractivity contribution >= 4 is 88.8 Å². The normalized spacial score (nSPS) is 12.9. The predicted octanol–water partition coefficient (Wildman–Crippen LogP) is 11.1. The highest BCUT2D eigenvalue weighted by Crippen LogP contribution is 2.47. The molecule has 642 valence electrons. The Morgan fingerprint density at radius 1 is 0.417 bits per heavy atom. The quantitative estimate of drug-likeness (QED) is 0.00335. The summed E-state index contributed by atoms with van der Waals surface area (Å²) in [7, 11) is 0. The van der Waals surface area contributed by atoms with Gasteiger partial charge in [-0.05, 0) is 168 Å². The van der Waals surface area contributed by atoms with Gasteiger partial charge in [0.2, 0.25) is 29.5 Å². The maximum Gasteiger partial charge on any atom is 0.408 e. The van der Waals surface area contributed by atoms with Gasteiger partial charge in [-0.15, -0.1) is 10.2 Å². The summed E-state index contributed by atoms with van der Waals surface area (Å²) in [4.78, 5) is 152. The molecule has 0 fully saturated rings. The number of esters is 3. The van der Waals surface area contributed by atoms with Crippen molar-refractivity contribution in [1.82, 2.24) is 36.9 Å². The molecule has 31 nitrogen and oxygen atoms in total. The molecule has 0 saturated heterocycles. The van der Waals surface area contributed by atoms with Crippen molar-refractivity contribution in [1.29, 1.82) is 0 Å². The molecule has 0 aliphatic heterocycles. The van der Waals surface area contributed by atoms with E-state index in [1.54, 1.807) is 67.7 Å². The molecule has 32 heteroatoms. The first kappa shape index (κ1) is 94.7. The lowest BCUT2D eigenvalue weighted by atomic mass is 9.98. The number of benzene rings is 6. The fourth-order valence-electron chi connectivity index (χ4n) is 13.5. The van der Waals surface area contributed by atoms with Gasteiger partial charge in [0.05, 0.1) is 25.0 Å². The van der Waals surface area contributed by atoms with E-state index in [2.05, 4.69) is 116 Å². The van der Waals surface area contributed by atoms with E-state index in [0.717, 1.165) is 33.4 Å². The Hall–Kier alpha value is -12.5. The number of hydrazine groups is 1. The number of nitrogens with two attached hydrogens (primary N) is 4. The average molecular weight is 1670 g/mol. The second kappa shape index (κ2) is 45.5. The highest BCUT2D eigenvalue weighted by Gasteiger charge is 2.34. The Balaban J connectivity index is 0.000000238. The monoisotopic (exact) mass is 1670 g/mol. The van der Waals surface area contributed by atoms with Crippen molar-refractivity contribution < 1.29 is 95.9 Å². The molecule has 8 amide bonds. The summed E-state index contributed by atoms with van der Waals surface area (Å²) in [6, 6.07) is 46.5. The molecule has 3 atom stereocenters. The first-order valence-electron chi connectivity index (χ1n) is 39.6. The molecule has 1 heterocycles. The second-order valence-corrected chi connectivity index (χ2v) is 32.8. The first-order valence-corrected chi connectivity index (χ1v) is 40.4. The number of aromatic nitrogens is 2. The van der Waals surface area contributed by atoms with Crippen LogP contribution in [0.3, 0.4) is 0 Å². The van der Waals surface area contributed by atoms with Crippen LogP contribution in [0.4, 0.5) is 14.4 Å². The van der Waals surface area contributed by atoms with Gasteiger partial charge in [0.15, 0.2) is 5.78 Å². The van der Waals surface area contributed by atoms with Crippen LogP contribution < -0.4 is 49.7 Å². The highest BCUT2D eigenvalue weighted by atomic mass is 32.1. The molecule has 3 aliphatic carbocycles. The van der Waals surface area contributed by atoms with Crippen molar-refractivity contribution in [3.8, 4) is 33.4 Å². The highest BCUT2D eigenvalue weighted by molar-refractivity contribution is 7.11. The van der Waals surface area contributed by atoms with Crippen molar-refractivity contribution in [2.45, 2.75) is 211 Å². The molecule has 6 aromatic carbocycles. The summed E-state index contributed by atoms with van der Waals surface area (Å²) in [6.45, 7) is 16.0. The van der Waals surface area contributed by atoms with Gasteiger partial charge in [0.1, 0.15) is 65.5 Å². The van der Waals surface area contributed by atoms with Gasteiger partial charge in [-0.2, -0.15) is 0 Å². The number of hydrogen-bond donors (Lipinski definition) is 10. The number of carboxylic acids is 1. The van der Waals surface area contributed by atoms with E-state index < -0.39 is 101 Å². The van der Waals surface area contributed by atoms with Crippen LogP contribution in [0, 0.1) is 0 Å². The number of nitrogens with one attached hydrogen (secondary N) is 5. The molecule has 0 unspecified atom stereocenters. The fourth-order valence-corrected chi connectivity index (χ4v) is 14.4. The number of carboxylic acid groups (broad SMARTS) is 1. The first-order chi connectivity index (χ1) is 56.9. The summed E-state index contributed by atoms with van der Waals surface area (Å²) >= 11 is 1.22. The number of fused-ring (bicyclic) bond motifs is 9. The molecule has 10 rings (SSSR count). The van der Waals surface area contributed by atoms with Gasteiger partial charge in [0.25, 0.3) is 0 Å². The van der Waals surface area contributed by atoms with Crippen LogP contribution in [0.1, 0.15) is 219 Å². The number of aliphatic carboxylic acids is 1. The minimum atomic E-state index is -1.14. The zero-order valence-electron chi connectivity index (χ0n) is 69.1. The zero-order chi connectivity index (χ0) is 87.9. The summed E-state index contributed by atoms with van der Waals surface area (Å²) in [6.07, 6.45) is 1.52. The Labute approximate surface area is 701 Å². The van der Waals surface area contributed by atoms with Crippen molar-refractivity contribution in [2.75, 3.05) is 26.4 Å². The lowest BCUT2D eigenvalue weighted by molar-refractivity contribution is -0.145. The molecule has 14 N–H and O–H groups in total. The van der Waals surface area contributed by atoms with E-state index in [9.17, 15) is 67.4 Å². The number of Topliss-reactive ketones (excluding diaryl/α,β-unsaturated/α-hetero) is 1. The van der Waals surface area contributed by atoms with Gasteiger partial charge in [-0.3, -0.25) is 48.6 Å². The molecule has 0 spiro atoms. The third-order valence-electron chi connectivity index (χ3n) is 18.6. The predicted molar refractivity (Wildman–Crippen MR) is 446 cm³/mol. The van der Waals surface area contributed by atoms with Crippen LogP contribution in [-0.2, 0) is 82.8 Å². The molecular formula is C88H109N11O20S. The molecular weight excluding hydrogens is 1560 g/mol. The summed E-state index contributed by atoms with van der Waals surface area (Å²) in [5, 5.41) is 28.6. The van der Waals surface area contributed by atoms with Crippen LogP contribution in [0.15, 0.2) is 146 Å². The number of primary amides is 3. The number of unbranched alkanes of at least 4 members (excludes halogenated alkanes) is 3. The Morgan fingerprint density at radius 2 is 0.733 bits per heavy atom. The molecule has 1 aromatic heterocycles. The average Bonchev–Trinajstić information content (AvgIpc) is 1.63. The maximum atomic E-state index is 12.7. The van der Waals surface area contributed by atoms with Gasteiger partial charge in [-0.25, -0.2) is 25.0 Å². The number of rotatable bonds is 35. The number of alkyl carbamates (subject to hydrolysis) is 3. The van der Waals surface area contributed by atoms with Gasteiger partial charge < -0.3 is 72.0 Å². The Bertz CT molecular complexity index is 4620. The number of hydrogen-bond acceptors (Lipinski definition) is 23. The molecule has 0 saturated carbocycles. The third kappa shape index (κ3) is 31.1. The van der Waals surface area contributed by atoms with Crippen molar-refractivity contribution in [3.63, 3.8) is 0 Å². The zero-order valence-corrected chi connectivity index (χ0v) is 69.9. The molecule has 7 aromatic rings. The Morgan fingerprint density at radius 3 is 1.05 bits per heavy atom. The molecule has 3 aliphatic rings. The van der Waals surface area contributed by atoms with E-state index >= 15 is 0 Å². The number of ether oxygens (including phenoxy) is 6. The third-order valence-corrected chi connectivity index (χ3v) is 19.7. The number of ketones is 1. The second-order valence-electron chi connectivity index (χ2n) is 31.7. The summed E-state index contributed by atoms with van der Waals surface area (Å²) in [5.74, 6) is -1.17. The van der Waals surface area contributed by atoms with E-state index in [-0.39, 0.29) is 100 Å². The van der Waals surface area contributed by atoms with E-state index in [1.165, 1.54) is 44.7 Å². The fraction of sp³-hybridized carbons (Fsp3) is 0.420.